The first-order valence-corrected chi connectivity index (χ1v) is 5.57. The highest BCUT2D eigenvalue weighted by molar-refractivity contribution is 5.91. The van der Waals surface area contributed by atoms with E-state index in [1.54, 1.807) is 12.3 Å². The van der Waals surface area contributed by atoms with Crippen LogP contribution in [0, 0.1) is 18.6 Å². The minimum Gasteiger partial charge on any atom is -0.308 e. The van der Waals surface area contributed by atoms with E-state index < -0.39 is 17.5 Å². The molecule has 0 aliphatic rings. The molecule has 19 heavy (non-hydrogen) atoms. The van der Waals surface area contributed by atoms with Crippen molar-refractivity contribution in [3.8, 4) is 0 Å². The Morgan fingerprint density at radius 1 is 1.37 bits per heavy atom. The highest BCUT2D eigenvalue weighted by Gasteiger charge is 2.11. The van der Waals surface area contributed by atoms with E-state index in [1.807, 2.05) is 13.0 Å². The molecule has 1 amide bonds. The summed E-state index contributed by atoms with van der Waals surface area (Å²) in [7, 11) is 0. The van der Waals surface area contributed by atoms with Crippen LogP contribution in [-0.2, 0) is 11.2 Å². The van der Waals surface area contributed by atoms with E-state index in [2.05, 4.69) is 15.3 Å². The van der Waals surface area contributed by atoms with Crippen LogP contribution in [0.5, 0.6) is 0 Å². The third-order valence-corrected chi connectivity index (χ3v) is 2.51. The van der Waals surface area contributed by atoms with Crippen LogP contribution in [0.15, 0.2) is 30.6 Å². The number of aromatic nitrogens is 2. The molecule has 0 spiro atoms. The number of hydrogen-bond acceptors (Lipinski definition) is 3. The Balaban J connectivity index is 2.08. The lowest BCUT2D eigenvalue weighted by molar-refractivity contribution is -0.115. The molecule has 0 atom stereocenters. The lowest BCUT2D eigenvalue weighted by atomic mass is 10.1. The molecule has 6 heteroatoms. The summed E-state index contributed by atoms with van der Waals surface area (Å²) >= 11 is 0. The highest BCUT2D eigenvalue weighted by atomic mass is 19.1. The minimum absolute atomic E-state index is 0.00513. The van der Waals surface area contributed by atoms with Gasteiger partial charge in [-0.2, -0.15) is 0 Å². The third-order valence-electron chi connectivity index (χ3n) is 2.51. The van der Waals surface area contributed by atoms with E-state index >= 15 is 0 Å². The monoisotopic (exact) mass is 263 g/mol. The van der Waals surface area contributed by atoms with Gasteiger partial charge >= 0.3 is 0 Å². The Hall–Kier alpha value is -2.37. The summed E-state index contributed by atoms with van der Waals surface area (Å²) in [6, 6.07) is 4.25. The van der Waals surface area contributed by atoms with E-state index in [-0.39, 0.29) is 12.2 Å². The number of nitrogens with zero attached hydrogens (tertiary/aromatic N) is 2. The van der Waals surface area contributed by atoms with Crippen molar-refractivity contribution in [1.82, 2.24) is 9.97 Å². The van der Waals surface area contributed by atoms with E-state index in [0.717, 1.165) is 11.8 Å². The van der Waals surface area contributed by atoms with Crippen LogP contribution in [0.2, 0.25) is 0 Å². The van der Waals surface area contributed by atoms with Crippen LogP contribution >= 0.6 is 0 Å². The molecule has 98 valence electrons. The maximum atomic E-state index is 13.3. The second kappa shape index (κ2) is 5.51. The largest absolute Gasteiger partial charge is 0.308 e. The average molecular weight is 263 g/mol. The number of halogens is 2. The second-order valence-corrected chi connectivity index (χ2v) is 3.98. The van der Waals surface area contributed by atoms with Gasteiger partial charge in [0.25, 0.3) is 0 Å². The van der Waals surface area contributed by atoms with Crippen LogP contribution in [-0.4, -0.2) is 15.9 Å². The Morgan fingerprint density at radius 3 is 2.84 bits per heavy atom. The first-order valence-electron chi connectivity index (χ1n) is 5.57. The third kappa shape index (κ3) is 3.31. The predicted octanol–water partition coefficient (Wildman–Crippen LogP) is 2.24. The molecule has 0 radical (unpaired) electrons. The van der Waals surface area contributed by atoms with Gasteiger partial charge in [-0.15, -0.1) is 0 Å². The van der Waals surface area contributed by atoms with Gasteiger partial charge in [0, 0.05) is 12.3 Å². The first-order chi connectivity index (χ1) is 9.06. The van der Waals surface area contributed by atoms with Gasteiger partial charge in [-0.3, -0.25) is 9.78 Å². The number of aryl methyl sites for hydroxylation is 1. The molecule has 2 aromatic rings. The minimum atomic E-state index is -0.911. The Kier molecular flexibility index (Phi) is 3.79. The van der Waals surface area contributed by atoms with Gasteiger partial charge < -0.3 is 5.32 Å². The van der Waals surface area contributed by atoms with Gasteiger partial charge in [-0.05, 0) is 18.6 Å². The van der Waals surface area contributed by atoms with Crippen molar-refractivity contribution in [3.05, 3.63) is 53.5 Å². The van der Waals surface area contributed by atoms with Gasteiger partial charge in [0.1, 0.15) is 5.82 Å². The highest BCUT2D eigenvalue weighted by Crippen LogP contribution is 2.12. The van der Waals surface area contributed by atoms with Crippen molar-refractivity contribution in [2.75, 3.05) is 5.32 Å². The molecule has 0 aromatic carbocycles. The lowest BCUT2D eigenvalue weighted by Gasteiger charge is -2.06. The number of anilines is 1. The summed E-state index contributed by atoms with van der Waals surface area (Å²) in [5.41, 5.74) is 1.47. The van der Waals surface area contributed by atoms with E-state index in [9.17, 15) is 13.6 Å². The summed E-state index contributed by atoms with van der Waals surface area (Å²) < 4.78 is 26.0. The summed E-state index contributed by atoms with van der Waals surface area (Å²) in [5, 5.41) is 2.28. The van der Waals surface area contributed by atoms with E-state index in [4.69, 9.17) is 0 Å². The summed E-state index contributed by atoms with van der Waals surface area (Å²) in [4.78, 5) is 19.3. The fourth-order valence-corrected chi connectivity index (χ4v) is 1.54. The molecule has 0 aliphatic carbocycles. The molecule has 2 rings (SSSR count). The molecular weight excluding hydrogens is 252 g/mol. The standard InChI is InChI=1S/C13H11F2N3O/c1-8-3-2-4-16-11(8)6-12(19)18-13-10(15)5-9(14)7-17-13/h2-5,7H,6H2,1H3,(H,17,18,19). The van der Waals surface area contributed by atoms with Gasteiger partial charge in [-0.1, -0.05) is 6.07 Å². The first kappa shape index (κ1) is 13.1. The molecule has 0 unspecified atom stereocenters. The molecular formula is C13H11F2N3O. The zero-order valence-electron chi connectivity index (χ0n) is 10.2. The summed E-state index contributed by atoms with van der Waals surface area (Å²) in [6.45, 7) is 1.83. The van der Waals surface area contributed by atoms with Crippen molar-refractivity contribution in [2.45, 2.75) is 13.3 Å². The number of nitrogens with one attached hydrogen (secondary N) is 1. The normalized spacial score (nSPS) is 10.3. The topological polar surface area (TPSA) is 54.9 Å². The smallest absolute Gasteiger partial charge is 0.231 e. The SMILES string of the molecule is Cc1cccnc1CC(=O)Nc1ncc(F)cc1F. The predicted molar refractivity (Wildman–Crippen MR) is 65.5 cm³/mol. The fraction of sp³-hybridized carbons (Fsp3) is 0.154. The molecule has 2 aromatic heterocycles. The summed E-state index contributed by atoms with van der Waals surface area (Å²) in [5.74, 6) is -2.46. The van der Waals surface area contributed by atoms with Gasteiger partial charge in [0.2, 0.25) is 5.91 Å². The molecule has 0 saturated heterocycles. The molecule has 0 fully saturated rings. The van der Waals surface area contributed by atoms with Crippen molar-refractivity contribution < 1.29 is 13.6 Å². The van der Waals surface area contributed by atoms with Gasteiger partial charge in [0.15, 0.2) is 11.6 Å². The molecule has 1 N–H and O–H groups in total. The Bertz CT molecular complexity index is 617. The molecule has 2 heterocycles. The maximum Gasteiger partial charge on any atom is 0.231 e. The Morgan fingerprint density at radius 2 is 2.16 bits per heavy atom. The number of hydrogen-bond donors (Lipinski definition) is 1. The fourth-order valence-electron chi connectivity index (χ4n) is 1.54. The zero-order chi connectivity index (χ0) is 13.8. The van der Waals surface area contributed by atoms with Crippen LogP contribution in [0.1, 0.15) is 11.3 Å². The van der Waals surface area contributed by atoms with Crippen molar-refractivity contribution in [3.63, 3.8) is 0 Å². The van der Waals surface area contributed by atoms with Crippen molar-refractivity contribution in [1.29, 1.82) is 0 Å². The van der Waals surface area contributed by atoms with Crippen LogP contribution < -0.4 is 5.32 Å². The molecule has 0 bridgehead atoms. The molecule has 0 saturated carbocycles. The number of carbonyl (C=O) groups is 1. The quantitative estimate of drug-likeness (QED) is 0.924. The van der Waals surface area contributed by atoms with Crippen molar-refractivity contribution >= 4 is 11.7 Å². The average Bonchev–Trinajstić information content (AvgIpc) is 2.36. The number of rotatable bonds is 3. The lowest BCUT2D eigenvalue weighted by Crippen LogP contribution is -2.17. The molecule has 0 aliphatic heterocycles. The zero-order valence-corrected chi connectivity index (χ0v) is 10.2. The van der Waals surface area contributed by atoms with Gasteiger partial charge in [0.05, 0.1) is 18.3 Å². The maximum absolute atomic E-state index is 13.3. The van der Waals surface area contributed by atoms with Crippen LogP contribution in [0.25, 0.3) is 0 Å². The molecule has 4 nitrogen and oxygen atoms in total. The number of pyridine rings is 2. The van der Waals surface area contributed by atoms with Crippen LogP contribution in [0.3, 0.4) is 0 Å². The number of carbonyl (C=O) groups excluding carboxylic acids is 1. The number of amides is 1. The Labute approximate surface area is 108 Å². The van der Waals surface area contributed by atoms with Crippen LogP contribution in [0.4, 0.5) is 14.6 Å². The van der Waals surface area contributed by atoms with Crippen molar-refractivity contribution in [2.24, 2.45) is 0 Å². The van der Waals surface area contributed by atoms with E-state index in [0.29, 0.717) is 11.8 Å². The summed E-state index contributed by atoms with van der Waals surface area (Å²) in [6.07, 6.45) is 2.42. The second-order valence-electron chi connectivity index (χ2n) is 3.98. The van der Waals surface area contributed by atoms with Gasteiger partial charge in [-0.25, -0.2) is 13.8 Å². The van der Waals surface area contributed by atoms with E-state index in [1.165, 1.54) is 0 Å².